The van der Waals surface area contributed by atoms with Crippen molar-refractivity contribution >= 4 is 11.7 Å². The molecule has 1 fully saturated rings. The van der Waals surface area contributed by atoms with E-state index < -0.39 is 17.0 Å². The van der Waals surface area contributed by atoms with Gasteiger partial charge in [0.15, 0.2) is 6.10 Å². The molecule has 1 saturated heterocycles. The molecule has 0 aromatic heterocycles. The SMILES string of the molecule is CC(c1cccc([N+](=O)[O-])c1)N1CCOC(C(=O)O)C1. The zero-order valence-corrected chi connectivity index (χ0v) is 11.1. The Kier molecular flexibility index (Phi) is 4.31. The lowest BCUT2D eigenvalue weighted by Crippen LogP contribution is -2.46. The van der Waals surface area contributed by atoms with E-state index in [0.717, 1.165) is 5.56 Å². The van der Waals surface area contributed by atoms with Crippen LogP contribution >= 0.6 is 0 Å². The average molecular weight is 280 g/mol. The molecule has 0 bridgehead atoms. The van der Waals surface area contributed by atoms with Crippen molar-refractivity contribution in [3.05, 3.63) is 39.9 Å². The number of rotatable bonds is 4. The van der Waals surface area contributed by atoms with Crippen LogP contribution < -0.4 is 0 Å². The predicted octanol–water partition coefficient (Wildman–Crippen LogP) is 1.44. The van der Waals surface area contributed by atoms with Gasteiger partial charge in [-0.25, -0.2) is 4.79 Å². The van der Waals surface area contributed by atoms with Gasteiger partial charge in [0.2, 0.25) is 0 Å². The number of nitro benzene ring substituents is 1. The van der Waals surface area contributed by atoms with Gasteiger partial charge in [-0.2, -0.15) is 0 Å². The number of non-ortho nitro benzene ring substituents is 1. The summed E-state index contributed by atoms with van der Waals surface area (Å²) < 4.78 is 5.17. The number of aliphatic carboxylic acids is 1. The van der Waals surface area contributed by atoms with Gasteiger partial charge in [0.25, 0.3) is 5.69 Å². The third kappa shape index (κ3) is 3.12. The number of benzene rings is 1. The third-order valence-electron chi connectivity index (χ3n) is 3.48. The van der Waals surface area contributed by atoms with E-state index in [4.69, 9.17) is 9.84 Å². The highest BCUT2D eigenvalue weighted by molar-refractivity contribution is 5.72. The Morgan fingerprint density at radius 1 is 1.60 bits per heavy atom. The Morgan fingerprint density at radius 3 is 3.00 bits per heavy atom. The molecule has 0 saturated carbocycles. The Morgan fingerprint density at radius 2 is 2.35 bits per heavy atom. The molecule has 2 unspecified atom stereocenters. The molecule has 1 N–H and O–H groups in total. The minimum Gasteiger partial charge on any atom is -0.479 e. The molecular formula is C13H16N2O5. The van der Waals surface area contributed by atoms with Gasteiger partial charge in [-0.05, 0) is 12.5 Å². The summed E-state index contributed by atoms with van der Waals surface area (Å²) in [7, 11) is 0. The highest BCUT2D eigenvalue weighted by Gasteiger charge is 2.29. The van der Waals surface area contributed by atoms with E-state index in [1.54, 1.807) is 6.07 Å². The first kappa shape index (κ1) is 14.4. The summed E-state index contributed by atoms with van der Waals surface area (Å²) in [6.07, 6.45) is -0.843. The molecule has 0 radical (unpaired) electrons. The van der Waals surface area contributed by atoms with Gasteiger partial charge in [0.1, 0.15) is 0 Å². The number of carboxylic acids is 1. The van der Waals surface area contributed by atoms with E-state index in [0.29, 0.717) is 13.2 Å². The average Bonchev–Trinajstić information content (AvgIpc) is 2.46. The van der Waals surface area contributed by atoms with E-state index >= 15 is 0 Å². The monoisotopic (exact) mass is 280 g/mol. The van der Waals surface area contributed by atoms with Gasteiger partial charge >= 0.3 is 5.97 Å². The van der Waals surface area contributed by atoms with Gasteiger partial charge in [-0.15, -0.1) is 0 Å². The Bertz CT molecular complexity index is 519. The van der Waals surface area contributed by atoms with Crippen LogP contribution in [-0.2, 0) is 9.53 Å². The summed E-state index contributed by atoms with van der Waals surface area (Å²) in [5.74, 6) is -0.985. The number of morpholine rings is 1. The molecule has 2 atom stereocenters. The zero-order chi connectivity index (χ0) is 14.7. The largest absolute Gasteiger partial charge is 0.479 e. The molecule has 1 aliphatic rings. The van der Waals surface area contributed by atoms with Crippen LogP contribution in [0.15, 0.2) is 24.3 Å². The number of hydrogen-bond donors (Lipinski definition) is 1. The summed E-state index contributed by atoms with van der Waals surface area (Å²) in [6.45, 7) is 3.13. The lowest BCUT2D eigenvalue weighted by molar-refractivity contribution is -0.385. The molecule has 0 spiro atoms. The molecule has 1 aromatic rings. The number of ether oxygens (including phenoxy) is 1. The van der Waals surface area contributed by atoms with E-state index in [2.05, 4.69) is 0 Å². The number of hydrogen-bond acceptors (Lipinski definition) is 5. The van der Waals surface area contributed by atoms with Crippen molar-refractivity contribution in [1.29, 1.82) is 0 Å². The van der Waals surface area contributed by atoms with E-state index in [1.807, 2.05) is 17.9 Å². The van der Waals surface area contributed by atoms with Crippen molar-refractivity contribution in [3.63, 3.8) is 0 Å². The fourth-order valence-corrected chi connectivity index (χ4v) is 2.28. The van der Waals surface area contributed by atoms with Crippen molar-refractivity contribution < 1.29 is 19.6 Å². The van der Waals surface area contributed by atoms with Crippen molar-refractivity contribution in [2.75, 3.05) is 19.7 Å². The van der Waals surface area contributed by atoms with Crippen LogP contribution in [0.25, 0.3) is 0 Å². The Balaban J connectivity index is 2.14. The van der Waals surface area contributed by atoms with Crippen LogP contribution in [0.3, 0.4) is 0 Å². The summed E-state index contributed by atoms with van der Waals surface area (Å²) in [6, 6.07) is 6.31. The lowest BCUT2D eigenvalue weighted by Gasteiger charge is -2.35. The minimum absolute atomic E-state index is 0.0393. The fraction of sp³-hybridized carbons (Fsp3) is 0.462. The quantitative estimate of drug-likeness (QED) is 0.662. The summed E-state index contributed by atoms with van der Waals surface area (Å²) in [5, 5.41) is 19.8. The highest BCUT2D eigenvalue weighted by Crippen LogP contribution is 2.25. The first-order valence-corrected chi connectivity index (χ1v) is 6.32. The van der Waals surface area contributed by atoms with Crippen LogP contribution in [0.2, 0.25) is 0 Å². The van der Waals surface area contributed by atoms with Crippen LogP contribution in [0.1, 0.15) is 18.5 Å². The minimum atomic E-state index is -0.985. The smallest absolute Gasteiger partial charge is 0.334 e. The topological polar surface area (TPSA) is 92.9 Å². The lowest BCUT2D eigenvalue weighted by atomic mass is 10.1. The van der Waals surface area contributed by atoms with Gasteiger partial charge in [-0.1, -0.05) is 12.1 Å². The highest BCUT2D eigenvalue weighted by atomic mass is 16.6. The maximum atomic E-state index is 11.0. The van der Waals surface area contributed by atoms with Crippen LogP contribution in [0.4, 0.5) is 5.69 Å². The predicted molar refractivity (Wildman–Crippen MR) is 70.5 cm³/mol. The van der Waals surface area contributed by atoms with Gasteiger partial charge < -0.3 is 9.84 Å². The van der Waals surface area contributed by atoms with Crippen LogP contribution in [-0.4, -0.2) is 46.7 Å². The molecule has 20 heavy (non-hydrogen) atoms. The van der Waals surface area contributed by atoms with Gasteiger partial charge in [-0.3, -0.25) is 15.0 Å². The molecule has 0 amide bonds. The third-order valence-corrected chi connectivity index (χ3v) is 3.48. The van der Waals surface area contributed by atoms with Crippen molar-refractivity contribution in [2.24, 2.45) is 0 Å². The van der Waals surface area contributed by atoms with E-state index in [1.165, 1.54) is 12.1 Å². The molecule has 7 heteroatoms. The second-order valence-corrected chi connectivity index (χ2v) is 4.72. The molecular weight excluding hydrogens is 264 g/mol. The number of carbonyl (C=O) groups is 1. The first-order valence-electron chi connectivity index (χ1n) is 6.32. The molecule has 108 valence electrons. The van der Waals surface area contributed by atoms with Crippen molar-refractivity contribution in [3.8, 4) is 0 Å². The number of nitro groups is 1. The molecule has 7 nitrogen and oxygen atoms in total. The molecule has 0 aliphatic carbocycles. The normalized spacial score (nSPS) is 21.4. The molecule has 1 heterocycles. The fourth-order valence-electron chi connectivity index (χ4n) is 2.28. The van der Waals surface area contributed by atoms with Crippen LogP contribution in [0, 0.1) is 10.1 Å². The maximum Gasteiger partial charge on any atom is 0.334 e. The van der Waals surface area contributed by atoms with Crippen LogP contribution in [0.5, 0.6) is 0 Å². The van der Waals surface area contributed by atoms with Crippen molar-refractivity contribution in [1.82, 2.24) is 4.90 Å². The maximum absolute atomic E-state index is 11.0. The number of carboxylic acid groups (broad SMARTS) is 1. The second-order valence-electron chi connectivity index (χ2n) is 4.72. The van der Waals surface area contributed by atoms with Gasteiger partial charge in [0.05, 0.1) is 11.5 Å². The molecule has 1 aliphatic heterocycles. The van der Waals surface area contributed by atoms with E-state index in [9.17, 15) is 14.9 Å². The number of nitrogens with zero attached hydrogens (tertiary/aromatic N) is 2. The summed E-state index contributed by atoms with van der Waals surface area (Å²) in [5.41, 5.74) is 0.836. The second kappa shape index (κ2) is 5.98. The van der Waals surface area contributed by atoms with Crippen molar-refractivity contribution in [2.45, 2.75) is 19.1 Å². The Labute approximate surface area is 115 Å². The first-order chi connectivity index (χ1) is 9.49. The van der Waals surface area contributed by atoms with E-state index in [-0.39, 0.29) is 18.3 Å². The standard InChI is InChI=1S/C13H16N2O5/c1-9(10-3-2-4-11(7-10)15(18)19)14-5-6-20-12(8-14)13(16)17/h2-4,7,9,12H,5-6,8H2,1H3,(H,16,17). The Hall–Kier alpha value is -1.99. The molecule has 2 rings (SSSR count). The van der Waals surface area contributed by atoms with Gasteiger partial charge in [0, 0.05) is 31.3 Å². The summed E-state index contributed by atoms with van der Waals surface area (Å²) in [4.78, 5) is 23.3. The summed E-state index contributed by atoms with van der Waals surface area (Å²) >= 11 is 0. The zero-order valence-electron chi connectivity index (χ0n) is 11.1. The molecule has 1 aromatic carbocycles.